The Morgan fingerprint density at radius 3 is 1.79 bits per heavy atom. The number of hydrogen-bond acceptors (Lipinski definition) is 2. The maximum absolute atomic E-state index is 12.2. The fourth-order valence-corrected chi connectivity index (χ4v) is 3.65. The first kappa shape index (κ1) is 23.1. The summed E-state index contributed by atoms with van der Waals surface area (Å²) in [6, 6.07) is 16.4. The van der Waals surface area contributed by atoms with E-state index in [2.05, 4.69) is 31.2 Å². The number of Topliss-reactive ketones (excluding diaryl/α,β-unsaturated/α-hetero) is 2. The molecule has 2 aromatic carbocycles. The van der Waals surface area contributed by atoms with Crippen LogP contribution in [0.15, 0.2) is 48.5 Å². The predicted octanol–water partition coefficient (Wildman–Crippen LogP) is 7.59. The Bertz CT molecular complexity index is 741. The zero-order valence-electron chi connectivity index (χ0n) is 18.2. The largest absolute Gasteiger partial charge is 0.299 e. The number of ketones is 2. The second-order valence-electron chi connectivity index (χ2n) is 8.03. The molecule has 2 nitrogen and oxygen atoms in total. The smallest absolute Gasteiger partial charge is 0.170 e. The van der Waals surface area contributed by atoms with E-state index < -0.39 is 0 Å². The van der Waals surface area contributed by atoms with E-state index in [-0.39, 0.29) is 18.0 Å². The van der Waals surface area contributed by atoms with E-state index in [4.69, 9.17) is 0 Å². The van der Waals surface area contributed by atoms with E-state index in [9.17, 15) is 9.59 Å². The van der Waals surface area contributed by atoms with Crippen molar-refractivity contribution in [2.75, 3.05) is 0 Å². The van der Waals surface area contributed by atoms with E-state index in [0.717, 1.165) is 24.0 Å². The van der Waals surface area contributed by atoms with E-state index in [0.29, 0.717) is 12.0 Å². The molecular weight excluding hydrogens is 356 g/mol. The molecule has 0 amide bonds. The van der Waals surface area contributed by atoms with E-state index in [1.54, 1.807) is 0 Å². The maximum Gasteiger partial charge on any atom is 0.170 e. The van der Waals surface area contributed by atoms with Crippen molar-refractivity contribution in [3.05, 3.63) is 59.7 Å². The van der Waals surface area contributed by atoms with Gasteiger partial charge in [-0.3, -0.25) is 9.59 Å². The monoisotopic (exact) mass is 392 g/mol. The van der Waals surface area contributed by atoms with Crippen LogP contribution in [0.1, 0.15) is 94.0 Å². The first-order valence-corrected chi connectivity index (χ1v) is 11.4. The number of hydrogen-bond donors (Lipinski definition) is 0. The average molecular weight is 393 g/mol. The molecule has 156 valence electrons. The van der Waals surface area contributed by atoms with Crippen LogP contribution in [0.5, 0.6) is 0 Å². The molecule has 0 aliphatic heterocycles. The lowest BCUT2D eigenvalue weighted by atomic mass is 9.98. The molecule has 29 heavy (non-hydrogen) atoms. The Morgan fingerprint density at radius 1 is 0.655 bits per heavy atom. The lowest BCUT2D eigenvalue weighted by Crippen LogP contribution is -2.07. The lowest BCUT2D eigenvalue weighted by Gasteiger charge is -2.06. The van der Waals surface area contributed by atoms with E-state index in [1.807, 2.05) is 31.2 Å². The van der Waals surface area contributed by atoms with Gasteiger partial charge < -0.3 is 0 Å². The minimum Gasteiger partial charge on any atom is -0.299 e. The molecule has 0 aliphatic rings. The normalized spacial score (nSPS) is 10.8. The van der Waals surface area contributed by atoms with Crippen LogP contribution in [-0.4, -0.2) is 11.6 Å². The van der Waals surface area contributed by atoms with Gasteiger partial charge in [0, 0.05) is 12.0 Å². The van der Waals surface area contributed by atoms with Gasteiger partial charge in [-0.05, 0) is 36.0 Å². The molecule has 0 saturated heterocycles. The highest BCUT2D eigenvalue weighted by Gasteiger charge is 2.11. The molecule has 2 heteroatoms. The molecule has 0 aliphatic carbocycles. The van der Waals surface area contributed by atoms with Crippen molar-refractivity contribution in [3.8, 4) is 11.1 Å². The van der Waals surface area contributed by atoms with Crippen molar-refractivity contribution in [2.45, 2.75) is 84.5 Å². The number of carbonyl (C=O) groups excluding carboxylic acids is 2. The highest BCUT2D eigenvalue weighted by Crippen LogP contribution is 2.22. The molecule has 0 unspecified atom stereocenters. The summed E-state index contributed by atoms with van der Waals surface area (Å²) in [7, 11) is 0. The zero-order valence-corrected chi connectivity index (χ0v) is 18.2. The lowest BCUT2D eigenvalue weighted by molar-refractivity contribution is -0.118. The summed E-state index contributed by atoms with van der Waals surface area (Å²) in [5.74, 6) is -0.0573. The van der Waals surface area contributed by atoms with Crippen molar-refractivity contribution in [1.82, 2.24) is 0 Å². The third-order valence-corrected chi connectivity index (χ3v) is 5.45. The Kier molecular flexibility index (Phi) is 10.4. The molecule has 0 saturated carbocycles. The second kappa shape index (κ2) is 13.1. The molecule has 0 fully saturated rings. The highest BCUT2D eigenvalue weighted by molar-refractivity contribution is 6.08. The Balaban J connectivity index is 1.82. The maximum atomic E-state index is 12.2. The number of benzene rings is 2. The van der Waals surface area contributed by atoms with Gasteiger partial charge in [0.15, 0.2) is 5.78 Å². The van der Waals surface area contributed by atoms with Gasteiger partial charge in [-0.15, -0.1) is 0 Å². The third-order valence-electron chi connectivity index (χ3n) is 5.45. The number of carbonyl (C=O) groups is 2. The topological polar surface area (TPSA) is 34.1 Å². The Hall–Kier alpha value is -2.22. The van der Waals surface area contributed by atoms with Crippen LogP contribution in [0, 0.1) is 0 Å². The quantitative estimate of drug-likeness (QED) is 0.188. The molecule has 0 N–H and O–H groups in total. The summed E-state index contributed by atoms with van der Waals surface area (Å²) in [4.78, 5) is 23.9. The molecule has 0 bridgehead atoms. The van der Waals surface area contributed by atoms with Gasteiger partial charge >= 0.3 is 0 Å². The molecule has 0 atom stereocenters. The van der Waals surface area contributed by atoms with Gasteiger partial charge in [-0.2, -0.15) is 0 Å². The van der Waals surface area contributed by atoms with Gasteiger partial charge in [0.2, 0.25) is 0 Å². The van der Waals surface area contributed by atoms with Crippen LogP contribution in [-0.2, 0) is 11.2 Å². The van der Waals surface area contributed by atoms with Gasteiger partial charge in [0.25, 0.3) is 0 Å². The standard InChI is InChI=1S/C27H36O2/c1-3-5-6-7-8-9-10-12-22-13-15-23(16-14-22)24-17-19-25(20-18-24)27(29)21-26(28)11-4-2/h13-20H,3-12,21H2,1-2H3. The van der Waals surface area contributed by atoms with Crippen molar-refractivity contribution in [2.24, 2.45) is 0 Å². The highest BCUT2D eigenvalue weighted by atomic mass is 16.1. The summed E-state index contributed by atoms with van der Waals surface area (Å²) in [6.07, 6.45) is 11.8. The van der Waals surface area contributed by atoms with Crippen LogP contribution in [0.3, 0.4) is 0 Å². The zero-order chi connectivity index (χ0) is 20.9. The van der Waals surface area contributed by atoms with Crippen molar-refractivity contribution in [1.29, 1.82) is 0 Å². The molecule has 0 radical (unpaired) electrons. The fourth-order valence-electron chi connectivity index (χ4n) is 3.65. The first-order chi connectivity index (χ1) is 14.1. The van der Waals surface area contributed by atoms with Crippen molar-refractivity contribution in [3.63, 3.8) is 0 Å². The van der Waals surface area contributed by atoms with Crippen LogP contribution in [0.2, 0.25) is 0 Å². The Labute approximate surface area is 176 Å². The molecular formula is C27H36O2. The minimum absolute atomic E-state index is 0.0144. The third kappa shape index (κ3) is 8.35. The van der Waals surface area contributed by atoms with Gasteiger partial charge in [0.1, 0.15) is 5.78 Å². The van der Waals surface area contributed by atoms with Crippen molar-refractivity contribution < 1.29 is 9.59 Å². The summed E-state index contributed by atoms with van der Waals surface area (Å²) in [5, 5.41) is 0. The van der Waals surface area contributed by atoms with E-state index in [1.165, 1.54) is 50.5 Å². The molecule has 0 heterocycles. The summed E-state index contributed by atoms with van der Waals surface area (Å²) in [6.45, 7) is 4.21. The molecule has 2 rings (SSSR count). The second-order valence-corrected chi connectivity index (χ2v) is 8.03. The van der Waals surface area contributed by atoms with Gasteiger partial charge in [-0.1, -0.05) is 101 Å². The van der Waals surface area contributed by atoms with Gasteiger partial charge in [0.05, 0.1) is 6.42 Å². The summed E-state index contributed by atoms with van der Waals surface area (Å²) < 4.78 is 0. The predicted molar refractivity (Wildman–Crippen MR) is 122 cm³/mol. The van der Waals surface area contributed by atoms with E-state index >= 15 is 0 Å². The molecule has 2 aromatic rings. The van der Waals surface area contributed by atoms with Crippen LogP contribution in [0.4, 0.5) is 0 Å². The molecule has 0 aromatic heterocycles. The number of aryl methyl sites for hydroxylation is 1. The van der Waals surface area contributed by atoms with Crippen LogP contribution >= 0.6 is 0 Å². The van der Waals surface area contributed by atoms with Crippen LogP contribution in [0.25, 0.3) is 11.1 Å². The summed E-state index contributed by atoms with van der Waals surface area (Å²) in [5.41, 5.74) is 4.27. The SMILES string of the molecule is CCCCCCCCCc1ccc(-c2ccc(C(=O)CC(=O)CCC)cc2)cc1. The first-order valence-electron chi connectivity index (χ1n) is 11.4. The minimum atomic E-state index is -0.0833. The number of unbranched alkanes of at least 4 members (excludes halogenated alkanes) is 6. The summed E-state index contributed by atoms with van der Waals surface area (Å²) >= 11 is 0. The number of rotatable bonds is 14. The average Bonchev–Trinajstić information content (AvgIpc) is 2.74. The Morgan fingerprint density at radius 2 is 1.21 bits per heavy atom. The van der Waals surface area contributed by atoms with Crippen LogP contribution < -0.4 is 0 Å². The van der Waals surface area contributed by atoms with Crippen molar-refractivity contribution >= 4 is 11.6 Å². The molecule has 0 spiro atoms. The fraction of sp³-hybridized carbons (Fsp3) is 0.481. The van der Waals surface area contributed by atoms with Gasteiger partial charge in [-0.25, -0.2) is 0 Å².